The van der Waals surface area contributed by atoms with Crippen molar-refractivity contribution in [3.63, 3.8) is 0 Å². The largest absolute Gasteiger partial charge is 0.357 e. The van der Waals surface area contributed by atoms with Gasteiger partial charge in [0.05, 0.1) is 5.69 Å². The molecular formula is C18H32IN7O. The molecule has 0 fully saturated rings. The number of nitrogens with one attached hydrogen (secondary N) is 2. The quantitative estimate of drug-likeness (QED) is 0.256. The van der Waals surface area contributed by atoms with Gasteiger partial charge < -0.3 is 15.2 Å². The number of hydrogen-bond acceptors (Lipinski definition) is 5. The van der Waals surface area contributed by atoms with E-state index in [2.05, 4.69) is 58.6 Å². The van der Waals surface area contributed by atoms with Gasteiger partial charge in [0.1, 0.15) is 0 Å². The molecule has 152 valence electrons. The molecule has 0 radical (unpaired) electrons. The maximum atomic E-state index is 5.13. The highest BCUT2D eigenvalue weighted by Crippen LogP contribution is 2.14. The maximum absolute atomic E-state index is 5.13. The van der Waals surface area contributed by atoms with E-state index in [9.17, 15) is 0 Å². The molecule has 2 aromatic heterocycles. The molecule has 2 rings (SSSR count). The van der Waals surface area contributed by atoms with Crippen molar-refractivity contribution in [2.45, 2.75) is 59.9 Å². The van der Waals surface area contributed by atoms with Crippen LogP contribution in [0.15, 0.2) is 9.52 Å². The molecule has 0 aromatic carbocycles. The van der Waals surface area contributed by atoms with Gasteiger partial charge in [-0.05, 0) is 53.0 Å². The van der Waals surface area contributed by atoms with Gasteiger partial charge in [-0.25, -0.2) is 0 Å². The molecule has 27 heavy (non-hydrogen) atoms. The molecule has 0 saturated carbocycles. The second kappa shape index (κ2) is 11.3. The van der Waals surface area contributed by atoms with Crippen LogP contribution in [-0.2, 0) is 19.9 Å². The van der Waals surface area contributed by atoms with Gasteiger partial charge in [0, 0.05) is 38.3 Å². The predicted molar refractivity (Wildman–Crippen MR) is 118 cm³/mol. The molecule has 1 atom stereocenters. The molecule has 0 saturated heterocycles. The Bertz CT molecular complexity index is 738. The molecule has 0 aliphatic carbocycles. The Morgan fingerprint density at radius 3 is 2.59 bits per heavy atom. The van der Waals surface area contributed by atoms with Crippen molar-refractivity contribution in [3.05, 3.63) is 28.7 Å². The lowest BCUT2D eigenvalue weighted by Gasteiger charge is -2.18. The first-order valence-electron chi connectivity index (χ1n) is 9.23. The van der Waals surface area contributed by atoms with Crippen LogP contribution in [0.25, 0.3) is 0 Å². The van der Waals surface area contributed by atoms with Crippen LogP contribution in [0.5, 0.6) is 0 Å². The Balaban J connectivity index is 0.00000364. The van der Waals surface area contributed by atoms with Crippen LogP contribution in [-0.4, -0.2) is 45.0 Å². The first-order chi connectivity index (χ1) is 12.4. The number of aliphatic imine (C=N–C) groups is 1. The average molecular weight is 489 g/mol. The SMILES string of the molecule is CCNC(=NCCCc1nc(C)no1)NC(C)Cc1c(C)nn(C)c1C.I. The zero-order valence-electron chi connectivity index (χ0n) is 17.2. The minimum absolute atomic E-state index is 0. The molecule has 0 aliphatic rings. The van der Waals surface area contributed by atoms with Crippen molar-refractivity contribution in [2.75, 3.05) is 13.1 Å². The monoisotopic (exact) mass is 489 g/mol. The molecule has 0 amide bonds. The smallest absolute Gasteiger partial charge is 0.226 e. The summed E-state index contributed by atoms with van der Waals surface area (Å²) in [6, 6.07) is 0.257. The summed E-state index contributed by atoms with van der Waals surface area (Å²) in [4.78, 5) is 8.86. The number of rotatable bonds is 8. The van der Waals surface area contributed by atoms with Crippen LogP contribution in [0.1, 0.15) is 48.9 Å². The molecule has 2 heterocycles. The highest BCUT2D eigenvalue weighted by atomic mass is 127. The Kier molecular flexibility index (Phi) is 9.75. The second-order valence-electron chi connectivity index (χ2n) is 6.62. The number of aromatic nitrogens is 4. The molecule has 9 heteroatoms. The van der Waals surface area contributed by atoms with E-state index in [-0.39, 0.29) is 30.0 Å². The third-order valence-electron chi connectivity index (χ3n) is 4.28. The fourth-order valence-electron chi connectivity index (χ4n) is 2.89. The Hall–Kier alpha value is -1.65. The maximum Gasteiger partial charge on any atom is 0.226 e. The molecule has 8 nitrogen and oxygen atoms in total. The third-order valence-corrected chi connectivity index (χ3v) is 4.28. The third kappa shape index (κ3) is 7.11. The summed E-state index contributed by atoms with van der Waals surface area (Å²) in [6.07, 6.45) is 2.53. The summed E-state index contributed by atoms with van der Waals surface area (Å²) in [5, 5.41) is 15.1. The second-order valence-corrected chi connectivity index (χ2v) is 6.62. The highest BCUT2D eigenvalue weighted by molar-refractivity contribution is 14.0. The standard InChI is InChI=1S/C18H31N7O.HI/c1-7-19-18(20-10-8-9-17-22-15(5)24-26-17)21-12(2)11-16-13(3)23-25(6)14(16)4;/h12H,7-11H2,1-6H3,(H2,19,20,21);1H. The molecule has 2 N–H and O–H groups in total. The van der Waals surface area contributed by atoms with Gasteiger partial charge in [0.15, 0.2) is 11.8 Å². The molecule has 0 spiro atoms. The number of aryl methyl sites for hydroxylation is 4. The molecule has 0 aliphatic heterocycles. The van der Waals surface area contributed by atoms with Crippen molar-refractivity contribution in [1.82, 2.24) is 30.6 Å². The lowest BCUT2D eigenvalue weighted by molar-refractivity contribution is 0.372. The van der Waals surface area contributed by atoms with E-state index < -0.39 is 0 Å². The zero-order chi connectivity index (χ0) is 19.1. The van der Waals surface area contributed by atoms with Crippen molar-refractivity contribution in [1.29, 1.82) is 0 Å². The first-order valence-corrected chi connectivity index (χ1v) is 9.23. The fourth-order valence-corrected chi connectivity index (χ4v) is 2.89. The van der Waals surface area contributed by atoms with Crippen molar-refractivity contribution in [3.8, 4) is 0 Å². The van der Waals surface area contributed by atoms with E-state index >= 15 is 0 Å². The van der Waals surface area contributed by atoms with Gasteiger partial charge in [-0.3, -0.25) is 9.67 Å². The normalized spacial score (nSPS) is 12.6. The van der Waals surface area contributed by atoms with Gasteiger partial charge in [-0.15, -0.1) is 24.0 Å². The van der Waals surface area contributed by atoms with Crippen molar-refractivity contribution < 1.29 is 4.52 Å². The predicted octanol–water partition coefficient (Wildman–Crippen LogP) is 2.47. The Morgan fingerprint density at radius 1 is 1.30 bits per heavy atom. The van der Waals surface area contributed by atoms with E-state index in [1.807, 2.05) is 18.7 Å². The van der Waals surface area contributed by atoms with Gasteiger partial charge in [0.25, 0.3) is 0 Å². The number of halogens is 1. The number of guanidine groups is 1. The highest BCUT2D eigenvalue weighted by Gasteiger charge is 2.14. The van der Waals surface area contributed by atoms with E-state index in [4.69, 9.17) is 4.52 Å². The fraction of sp³-hybridized carbons (Fsp3) is 0.667. The van der Waals surface area contributed by atoms with Crippen LogP contribution in [0, 0.1) is 20.8 Å². The number of hydrogen-bond donors (Lipinski definition) is 2. The number of nitrogens with zero attached hydrogens (tertiary/aromatic N) is 5. The van der Waals surface area contributed by atoms with E-state index in [0.29, 0.717) is 18.3 Å². The zero-order valence-corrected chi connectivity index (χ0v) is 19.5. The average Bonchev–Trinajstić information content (AvgIpc) is 3.10. The van der Waals surface area contributed by atoms with Crippen molar-refractivity contribution >= 4 is 29.9 Å². The lowest BCUT2D eigenvalue weighted by Crippen LogP contribution is -2.43. The van der Waals surface area contributed by atoms with Gasteiger partial charge in [-0.2, -0.15) is 10.1 Å². The van der Waals surface area contributed by atoms with Crippen LogP contribution < -0.4 is 10.6 Å². The van der Waals surface area contributed by atoms with Crippen LogP contribution in [0.2, 0.25) is 0 Å². The minimum atomic E-state index is 0. The summed E-state index contributed by atoms with van der Waals surface area (Å²) in [7, 11) is 1.99. The van der Waals surface area contributed by atoms with Crippen molar-refractivity contribution in [2.24, 2.45) is 12.0 Å². The molecule has 1 unspecified atom stereocenters. The van der Waals surface area contributed by atoms with Gasteiger partial charge >= 0.3 is 0 Å². The topological polar surface area (TPSA) is 93.2 Å². The first kappa shape index (κ1) is 23.4. The summed E-state index contributed by atoms with van der Waals surface area (Å²) in [5.74, 6) is 2.18. The summed E-state index contributed by atoms with van der Waals surface area (Å²) in [6.45, 7) is 11.8. The summed E-state index contributed by atoms with van der Waals surface area (Å²) < 4.78 is 7.07. The molecule has 2 aromatic rings. The molecule has 0 bridgehead atoms. The van der Waals surface area contributed by atoms with E-state index in [1.165, 1.54) is 11.3 Å². The molecular weight excluding hydrogens is 457 g/mol. The van der Waals surface area contributed by atoms with Crippen LogP contribution in [0.4, 0.5) is 0 Å². The van der Waals surface area contributed by atoms with Crippen LogP contribution >= 0.6 is 24.0 Å². The van der Waals surface area contributed by atoms with E-state index in [1.54, 1.807) is 0 Å². The Labute approximate surface area is 178 Å². The Morgan fingerprint density at radius 2 is 2.04 bits per heavy atom. The van der Waals surface area contributed by atoms with Gasteiger partial charge in [-0.1, -0.05) is 5.16 Å². The van der Waals surface area contributed by atoms with E-state index in [0.717, 1.165) is 37.5 Å². The summed E-state index contributed by atoms with van der Waals surface area (Å²) in [5.41, 5.74) is 3.61. The summed E-state index contributed by atoms with van der Waals surface area (Å²) >= 11 is 0. The minimum Gasteiger partial charge on any atom is -0.357 e. The lowest BCUT2D eigenvalue weighted by atomic mass is 10.1. The van der Waals surface area contributed by atoms with Gasteiger partial charge in [0.2, 0.25) is 5.89 Å². The van der Waals surface area contributed by atoms with Crippen LogP contribution in [0.3, 0.4) is 0 Å².